The largest absolute Gasteiger partial charge is 0.416 e. The second kappa shape index (κ2) is 6.92. The molecule has 1 aromatic carbocycles. The number of aromatic nitrogens is 2. The summed E-state index contributed by atoms with van der Waals surface area (Å²) in [6.07, 6.45) is -2.66. The van der Waals surface area contributed by atoms with Gasteiger partial charge in [0.1, 0.15) is 5.65 Å². The quantitative estimate of drug-likeness (QED) is 0.767. The number of aryl methyl sites for hydroxylation is 1. The van der Waals surface area contributed by atoms with Crippen LogP contribution in [0.1, 0.15) is 35.3 Å². The lowest BCUT2D eigenvalue weighted by Gasteiger charge is -2.16. The van der Waals surface area contributed by atoms with Gasteiger partial charge >= 0.3 is 6.18 Å². The first kappa shape index (κ1) is 18.1. The number of rotatable bonds is 4. The molecule has 3 rings (SSSR count). The van der Waals surface area contributed by atoms with Gasteiger partial charge in [-0.15, -0.1) is 0 Å². The van der Waals surface area contributed by atoms with Crippen molar-refractivity contribution in [2.24, 2.45) is 0 Å². The minimum absolute atomic E-state index is 0.192. The predicted octanol–water partition coefficient (Wildman–Crippen LogP) is 3.87. The van der Waals surface area contributed by atoms with Gasteiger partial charge in [0, 0.05) is 24.8 Å². The summed E-state index contributed by atoms with van der Waals surface area (Å²) in [6.45, 7) is 3.93. The second-order valence-electron chi connectivity index (χ2n) is 6.25. The van der Waals surface area contributed by atoms with Gasteiger partial charge in [0.05, 0.1) is 11.3 Å². The van der Waals surface area contributed by atoms with E-state index >= 15 is 0 Å². The molecule has 7 heteroatoms. The van der Waals surface area contributed by atoms with Crippen LogP contribution in [-0.4, -0.2) is 9.38 Å². The molecule has 0 aliphatic rings. The van der Waals surface area contributed by atoms with E-state index in [1.54, 1.807) is 25.3 Å². The lowest BCUT2D eigenvalue weighted by molar-refractivity contribution is -0.137. The van der Waals surface area contributed by atoms with Crippen molar-refractivity contribution in [3.63, 3.8) is 0 Å². The van der Waals surface area contributed by atoms with Crippen LogP contribution < -0.4 is 10.9 Å². The first-order valence-corrected chi connectivity index (χ1v) is 8.13. The van der Waals surface area contributed by atoms with Crippen molar-refractivity contribution in [2.75, 3.05) is 0 Å². The van der Waals surface area contributed by atoms with E-state index < -0.39 is 11.7 Å². The van der Waals surface area contributed by atoms with E-state index in [1.165, 1.54) is 16.5 Å². The summed E-state index contributed by atoms with van der Waals surface area (Å²) in [7, 11) is 0. The normalized spacial score (nSPS) is 13.1. The maximum absolute atomic E-state index is 12.8. The van der Waals surface area contributed by atoms with E-state index in [0.29, 0.717) is 16.9 Å². The number of nitrogens with zero attached hydrogens (tertiary/aromatic N) is 2. The topological polar surface area (TPSA) is 46.4 Å². The first-order valence-electron chi connectivity index (χ1n) is 8.13. The van der Waals surface area contributed by atoms with Crippen LogP contribution in [0.5, 0.6) is 0 Å². The Bertz CT molecular complexity index is 995. The molecular weight excluding hydrogens is 343 g/mol. The molecule has 0 unspecified atom stereocenters. The minimum Gasteiger partial charge on any atom is -0.305 e. The highest BCUT2D eigenvalue weighted by atomic mass is 19.4. The van der Waals surface area contributed by atoms with E-state index in [1.807, 2.05) is 13.0 Å². The zero-order chi connectivity index (χ0) is 18.9. The number of hydrogen-bond donors (Lipinski definition) is 1. The number of fused-ring (bicyclic) bond motifs is 1. The molecule has 4 nitrogen and oxygen atoms in total. The highest BCUT2D eigenvalue weighted by molar-refractivity contribution is 5.40. The van der Waals surface area contributed by atoms with Crippen molar-refractivity contribution in [1.29, 1.82) is 0 Å². The van der Waals surface area contributed by atoms with E-state index in [0.717, 1.165) is 17.7 Å². The molecule has 0 bridgehead atoms. The third-order valence-corrected chi connectivity index (χ3v) is 4.16. The smallest absolute Gasteiger partial charge is 0.305 e. The standard InChI is InChI=1S/C19H18F3N3O/c1-12-6-7-17-24-16(9-18(26)25(17)11-12)10-23-13(2)14-4-3-5-15(8-14)19(20,21)22/h3-9,11,13,23H,10H2,1-2H3/t13-/m1/s1. The van der Waals surface area contributed by atoms with E-state index in [2.05, 4.69) is 10.3 Å². The third kappa shape index (κ3) is 3.94. The van der Waals surface area contributed by atoms with Gasteiger partial charge in [-0.25, -0.2) is 4.98 Å². The lowest BCUT2D eigenvalue weighted by Crippen LogP contribution is -2.22. The summed E-state index contributed by atoms with van der Waals surface area (Å²) in [5.41, 5.74) is 1.67. The van der Waals surface area contributed by atoms with Crippen molar-refractivity contribution in [3.05, 3.63) is 81.4 Å². The maximum atomic E-state index is 12.8. The van der Waals surface area contributed by atoms with E-state index in [4.69, 9.17) is 0 Å². The molecule has 0 amide bonds. The average molecular weight is 361 g/mol. The monoisotopic (exact) mass is 361 g/mol. The zero-order valence-corrected chi connectivity index (χ0v) is 14.3. The van der Waals surface area contributed by atoms with E-state index in [9.17, 15) is 18.0 Å². The molecule has 0 aliphatic carbocycles. The van der Waals surface area contributed by atoms with Crippen LogP contribution in [0.2, 0.25) is 0 Å². The number of benzene rings is 1. The summed E-state index contributed by atoms with van der Waals surface area (Å²) in [5, 5.41) is 3.12. The Labute approximate surface area is 148 Å². The van der Waals surface area contributed by atoms with Gasteiger partial charge in [-0.1, -0.05) is 18.2 Å². The fourth-order valence-corrected chi connectivity index (χ4v) is 2.71. The Balaban J connectivity index is 1.78. The Kier molecular flexibility index (Phi) is 4.82. The van der Waals surface area contributed by atoms with Crippen molar-refractivity contribution >= 4 is 5.65 Å². The predicted molar refractivity (Wildman–Crippen MR) is 92.9 cm³/mol. The Morgan fingerprint density at radius 1 is 1.19 bits per heavy atom. The van der Waals surface area contributed by atoms with Crippen molar-refractivity contribution in [1.82, 2.24) is 14.7 Å². The van der Waals surface area contributed by atoms with Gasteiger partial charge < -0.3 is 5.32 Å². The van der Waals surface area contributed by atoms with Crippen LogP contribution in [0.3, 0.4) is 0 Å². The Hall–Kier alpha value is -2.67. The summed E-state index contributed by atoms with van der Waals surface area (Å²) in [6, 6.07) is 9.93. The molecule has 0 radical (unpaired) electrons. The van der Waals surface area contributed by atoms with Crippen LogP contribution in [0.15, 0.2) is 53.5 Å². The molecule has 1 N–H and O–H groups in total. The molecule has 26 heavy (non-hydrogen) atoms. The fourth-order valence-electron chi connectivity index (χ4n) is 2.71. The van der Waals surface area contributed by atoms with Crippen LogP contribution in [0.25, 0.3) is 5.65 Å². The molecule has 0 spiro atoms. The summed E-state index contributed by atoms with van der Waals surface area (Å²) >= 11 is 0. The average Bonchev–Trinajstić information content (AvgIpc) is 2.59. The van der Waals surface area contributed by atoms with Crippen LogP contribution in [0.4, 0.5) is 13.2 Å². The molecule has 3 aromatic rings. The van der Waals surface area contributed by atoms with E-state index in [-0.39, 0.29) is 18.1 Å². The Morgan fingerprint density at radius 2 is 1.96 bits per heavy atom. The van der Waals surface area contributed by atoms with Gasteiger partial charge in [0.2, 0.25) is 0 Å². The summed E-state index contributed by atoms with van der Waals surface area (Å²) < 4.78 is 40.0. The van der Waals surface area contributed by atoms with Crippen LogP contribution >= 0.6 is 0 Å². The van der Waals surface area contributed by atoms with Crippen molar-refractivity contribution in [2.45, 2.75) is 32.6 Å². The molecular formula is C19H18F3N3O. The zero-order valence-electron chi connectivity index (χ0n) is 14.3. The number of halogens is 3. The van der Waals surface area contributed by atoms with Gasteiger partial charge in [0.25, 0.3) is 5.56 Å². The number of nitrogens with one attached hydrogen (secondary N) is 1. The number of pyridine rings is 1. The maximum Gasteiger partial charge on any atom is 0.416 e. The molecule has 1 atom stereocenters. The minimum atomic E-state index is -4.37. The number of hydrogen-bond acceptors (Lipinski definition) is 3. The summed E-state index contributed by atoms with van der Waals surface area (Å²) in [4.78, 5) is 16.6. The fraction of sp³-hybridized carbons (Fsp3) is 0.263. The molecule has 2 aromatic heterocycles. The van der Waals surface area contributed by atoms with Gasteiger partial charge in [-0.05, 0) is 43.2 Å². The molecule has 0 fully saturated rings. The Morgan fingerprint density at radius 3 is 2.69 bits per heavy atom. The molecule has 0 saturated carbocycles. The molecule has 0 saturated heterocycles. The van der Waals surface area contributed by atoms with Gasteiger partial charge in [-0.2, -0.15) is 13.2 Å². The van der Waals surface area contributed by atoms with Gasteiger partial charge in [0.15, 0.2) is 0 Å². The molecule has 2 heterocycles. The second-order valence-corrected chi connectivity index (χ2v) is 6.25. The van der Waals surface area contributed by atoms with Gasteiger partial charge in [-0.3, -0.25) is 9.20 Å². The molecule has 0 aliphatic heterocycles. The number of alkyl halides is 3. The van der Waals surface area contributed by atoms with Crippen molar-refractivity contribution < 1.29 is 13.2 Å². The van der Waals surface area contributed by atoms with Crippen LogP contribution in [-0.2, 0) is 12.7 Å². The highest BCUT2D eigenvalue weighted by Gasteiger charge is 2.30. The highest BCUT2D eigenvalue weighted by Crippen LogP contribution is 2.30. The third-order valence-electron chi connectivity index (χ3n) is 4.16. The van der Waals surface area contributed by atoms with Crippen molar-refractivity contribution in [3.8, 4) is 0 Å². The lowest BCUT2D eigenvalue weighted by atomic mass is 10.0. The summed E-state index contributed by atoms with van der Waals surface area (Å²) in [5.74, 6) is 0. The van der Waals surface area contributed by atoms with Crippen LogP contribution in [0, 0.1) is 6.92 Å². The molecule has 136 valence electrons. The SMILES string of the molecule is Cc1ccc2nc(CN[C@H](C)c3cccc(C(F)(F)F)c3)cc(=O)n2c1. The first-order chi connectivity index (χ1) is 12.2.